The van der Waals surface area contributed by atoms with Crippen LogP contribution in [0.3, 0.4) is 0 Å². The number of aryl methyl sites for hydroxylation is 2. The summed E-state index contributed by atoms with van der Waals surface area (Å²) in [6, 6.07) is 5.57. The highest BCUT2D eigenvalue weighted by atomic mass is 32.2. The van der Waals surface area contributed by atoms with E-state index < -0.39 is 10.0 Å². The van der Waals surface area contributed by atoms with Gasteiger partial charge in [0.05, 0.1) is 11.4 Å². The topological polar surface area (TPSA) is 81.2 Å². The minimum absolute atomic E-state index is 0.0725. The Morgan fingerprint density at radius 2 is 1.63 bits per heavy atom. The lowest BCUT2D eigenvalue weighted by atomic mass is 9.92. The van der Waals surface area contributed by atoms with Crippen molar-refractivity contribution in [2.45, 2.75) is 43.4 Å². The molecule has 166 valence electrons. The summed E-state index contributed by atoms with van der Waals surface area (Å²) < 4.78 is 27.8. The van der Waals surface area contributed by atoms with Crippen molar-refractivity contribution in [3.8, 4) is 0 Å². The molecule has 2 aliphatic heterocycles. The van der Waals surface area contributed by atoms with Crippen molar-refractivity contribution in [3.05, 3.63) is 29.3 Å². The Morgan fingerprint density at radius 1 is 0.967 bits per heavy atom. The molecule has 7 nitrogen and oxygen atoms in total. The number of likely N-dealkylation sites (tertiary alicyclic amines) is 1. The van der Waals surface area contributed by atoms with E-state index in [1.54, 1.807) is 11.0 Å². The number of nitrogens with zero attached hydrogens (tertiary/aromatic N) is 3. The van der Waals surface area contributed by atoms with Crippen LogP contribution >= 0.6 is 0 Å². The molecule has 1 amide bonds. The number of aliphatic hydroxyl groups excluding tert-OH is 1. The number of rotatable bonds is 5. The monoisotopic (exact) mass is 435 g/mol. The average Bonchev–Trinajstić information content (AvgIpc) is 2.79. The lowest BCUT2D eigenvalue weighted by Gasteiger charge is -2.36. The smallest absolute Gasteiger partial charge is 0.243 e. The number of hydrogen-bond donors (Lipinski definition) is 1. The SMILES string of the molecule is O=C(CN1CCC(CO)CC1)N1CCN(S(=O)(=O)c2ccc3c(c2)CCCC3)CC1. The summed E-state index contributed by atoms with van der Waals surface area (Å²) in [5, 5.41) is 9.25. The fourth-order valence-electron chi connectivity index (χ4n) is 4.82. The van der Waals surface area contributed by atoms with Crippen LogP contribution < -0.4 is 0 Å². The summed E-state index contributed by atoms with van der Waals surface area (Å²) in [5.74, 6) is 0.428. The van der Waals surface area contributed by atoms with E-state index in [4.69, 9.17) is 0 Å². The van der Waals surface area contributed by atoms with Gasteiger partial charge in [0, 0.05) is 32.8 Å². The first kappa shape index (κ1) is 21.7. The van der Waals surface area contributed by atoms with Gasteiger partial charge in [0.2, 0.25) is 15.9 Å². The second kappa shape index (κ2) is 9.34. The number of aliphatic hydroxyl groups is 1. The predicted octanol–water partition coefficient (Wildman–Crippen LogP) is 1.10. The zero-order valence-corrected chi connectivity index (χ0v) is 18.4. The van der Waals surface area contributed by atoms with Gasteiger partial charge >= 0.3 is 0 Å². The van der Waals surface area contributed by atoms with E-state index in [2.05, 4.69) is 4.90 Å². The van der Waals surface area contributed by atoms with Crippen LogP contribution in [0.15, 0.2) is 23.1 Å². The molecule has 1 aliphatic carbocycles. The van der Waals surface area contributed by atoms with E-state index in [1.807, 2.05) is 12.1 Å². The molecule has 30 heavy (non-hydrogen) atoms. The molecule has 1 N–H and O–H groups in total. The van der Waals surface area contributed by atoms with E-state index in [0.29, 0.717) is 43.5 Å². The predicted molar refractivity (Wildman–Crippen MR) is 115 cm³/mol. The van der Waals surface area contributed by atoms with Crippen LogP contribution in [-0.2, 0) is 27.7 Å². The van der Waals surface area contributed by atoms with Gasteiger partial charge in [-0.15, -0.1) is 0 Å². The highest BCUT2D eigenvalue weighted by Crippen LogP contribution is 2.26. The molecule has 1 aromatic carbocycles. The van der Waals surface area contributed by atoms with Crippen LogP contribution in [0.4, 0.5) is 0 Å². The fourth-order valence-corrected chi connectivity index (χ4v) is 6.29. The minimum Gasteiger partial charge on any atom is -0.396 e. The Hall–Kier alpha value is -1.48. The van der Waals surface area contributed by atoms with Crippen molar-refractivity contribution in [2.75, 3.05) is 52.4 Å². The highest BCUT2D eigenvalue weighted by molar-refractivity contribution is 7.89. The summed E-state index contributed by atoms with van der Waals surface area (Å²) in [6.07, 6.45) is 6.14. The Kier molecular flexibility index (Phi) is 6.77. The second-order valence-electron chi connectivity index (χ2n) is 8.82. The fraction of sp³-hybridized carbons (Fsp3) is 0.682. The van der Waals surface area contributed by atoms with E-state index >= 15 is 0 Å². The molecule has 2 fully saturated rings. The maximum Gasteiger partial charge on any atom is 0.243 e. The largest absolute Gasteiger partial charge is 0.396 e. The van der Waals surface area contributed by atoms with Gasteiger partial charge in [-0.25, -0.2) is 8.42 Å². The van der Waals surface area contributed by atoms with Gasteiger partial charge in [-0.3, -0.25) is 9.69 Å². The number of hydrogen-bond acceptors (Lipinski definition) is 5. The number of piperazine rings is 1. The molecule has 8 heteroatoms. The maximum absolute atomic E-state index is 13.1. The average molecular weight is 436 g/mol. The number of fused-ring (bicyclic) bond motifs is 1. The summed E-state index contributed by atoms with van der Waals surface area (Å²) in [4.78, 5) is 17.0. The first-order chi connectivity index (χ1) is 14.5. The first-order valence-electron chi connectivity index (χ1n) is 11.2. The van der Waals surface area contributed by atoms with E-state index in [0.717, 1.165) is 45.2 Å². The summed E-state index contributed by atoms with van der Waals surface area (Å²) >= 11 is 0. The van der Waals surface area contributed by atoms with Crippen molar-refractivity contribution >= 4 is 15.9 Å². The molecule has 2 heterocycles. The Labute approximate surface area is 179 Å². The third kappa shape index (κ3) is 4.72. The van der Waals surface area contributed by atoms with Gasteiger partial charge < -0.3 is 10.0 Å². The molecular formula is C22H33N3O4S. The molecule has 2 saturated heterocycles. The van der Waals surface area contributed by atoms with Crippen LogP contribution in [0.1, 0.15) is 36.8 Å². The maximum atomic E-state index is 13.1. The standard InChI is InChI=1S/C22H33N3O4S/c26-17-18-7-9-23(10-8-18)16-22(27)24-11-13-25(14-12-24)30(28,29)21-6-5-19-3-1-2-4-20(19)15-21/h5-6,15,18,26H,1-4,7-14,16-17H2. The van der Waals surface area contributed by atoms with Crippen molar-refractivity contribution in [1.29, 1.82) is 0 Å². The van der Waals surface area contributed by atoms with E-state index in [1.165, 1.54) is 21.9 Å². The van der Waals surface area contributed by atoms with Gasteiger partial charge in [0.25, 0.3) is 0 Å². The normalized spacial score (nSPS) is 22.1. The highest BCUT2D eigenvalue weighted by Gasteiger charge is 2.31. The summed E-state index contributed by atoms with van der Waals surface area (Å²) in [7, 11) is -3.52. The van der Waals surface area contributed by atoms with E-state index in [9.17, 15) is 18.3 Å². The molecule has 1 aromatic rings. The first-order valence-corrected chi connectivity index (χ1v) is 12.6. The minimum atomic E-state index is -3.52. The zero-order chi connectivity index (χ0) is 21.1. The van der Waals surface area contributed by atoms with Crippen molar-refractivity contribution in [3.63, 3.8) is 0 Å². The molecule has 0 saturated carbocycles. The molecule has 0 atom stereocenters. The van der Waals surface area contributed by atoms with Crippen LogP contribution in [0, 0.1) is 5.92 Å². The van der Waals surface area contributed by atoms with Gasteiger partial charge in [-0.05, 0) is 80.8 Å². The Bertz CT molecular complexity index is 857. The number of benzene rings is 1. The van der Waals surface area contributed by atoms with Crippen molar-refractivity contribution in [1.82, 2.24) is 14.1 Å². The van der Waals surface area contributed by atoms with Crippen LogP contribution in [0.2, 0.25) is 0 Å². The van der Waals surface area contributed by atoms with Crippen LogP contribution in [0.5, 0.6) is 0 Å². The molecular weight excluding hydrogens is 402 g/mol. The second-order valence-corrected chi connectivity index (χ2v) is 10.8. The van der Waals surface area contributed by atoms with Gasteiger partial charge in [-0.2, -0.15) is 4.31 Å². The number of amides is 1. The molecule has 0 bridgehead atoms. The van der Waals surface area contributed by atoms with Crippen molar-refractivity contribution < 1.29 is 18.3 Å². The number of carbonyl (C=O) groups excluding carboxylic acids is 1. The quantitative estimate of drug-likeness (QED) is 0.749. The van der Waals surface area contributed by atoms with Gasteiger partial charge in [-0.1, -0.05) is 6.07 Å². The number of piperidine rings is 1. The zero-order valence-electron chi connectivity index (χ0n) is 17.6. The summed E-state index contributed by atoms with van der Waals surface area (Å²) in [5.41, 5.74) is 2.44. The molecule has 0 aromatic heterocycles. The molecule has 0 spiro atoms. The van der Waals surface area contributed by atoms with E-state index in [-0.39, 0.29) is 12.5 Å². The van der Waals surface area contributed by atoms with Crippen LogP contribution in [-0.4, -0.2) is 86.0 Å². The molecule has 0 radical (unpaired) electrons. The van der Waals surface area contributed by atoms with Crippen LogP contribution in [0.25, 0.3) is 0 Å². The molecule has 4 rings (SSSR count). The summed E-state index contributed by atoms with van der Waals surface area (Å²) in [6.45, 7) is 3.85. The van der Waals surface area contributed by atoms with Gasteiger partial charge in [0.1, 0.15) is 0 Å². The number of carbonyl (C=O) groups is 1. The third-order valence-corrected chi connectivity index (χ3v) is 8.77. The molecule has 3 aliphatic rings. The Balaban J connectivity index is 1.32. The third-order valence-electron chi connectivity index (χ3n) is 6.87. The lowest BCUT2D eigenvalue weighted by Crippen LogP contribution is -2.53. The van der Waals surface area contributed by atoms with Crippen molar-refractivity contribution in [2.24, 2.45) is 5.92 Å². The molecule has 0 unspecified atom stereocenters. The lowest BCUT2D eigenvalue weighted by molar-refractivity contribution is -0.134. The Morgan fingerprint density at radius 3 is 2.30 bits per heavy atom. The number of sulfonamides is 1. The van der Waals surface area contributed by atoms with Gasteiger partial charge in [0.15, 0.2) is 0 Å².